The zero-order valence-corrected chi connectivity index (χ0v) is 27.3. The Bertz CT molecular complexity index is 1620. The van der Waals surface area contributed by atoms with Crippen molar-refractivity contribution in [3.05, 3.63) is 98.5 Å². The van der Waals surface area contributed by atoms with Crippen molar-refractivity contribution in [3.63, 3.8) is 0 Å². The van der Waals surface area contributed by atoms with Crippen LogP contribution in [-0.2, 0) is 38.8 Å². The molecule has 238 valence electrons. The van der Waals surface area contributed by atoms with Crippen molar-refractivity contribution in [2.75, 3.05) is 17.1 Å². The Morgan fingerprint density at radius 1 is 0.909 bits per heavy atom. The first-order chi connectivity index (χ1) is 20.3. The number of anilines is 1. The van der Waals surface area contributed by atoms with Crippen LogP contribution in [0.25, 0.3) is 0 Å². The summed E-state index contributed by atoms with van der Waals surface area (Å²) in [6.07, 6.45) is -4.09. The van der Waals surface area contributed by atoms with Crippen molar-refractivity contribution >= 4 is 62.3 Å². The Balaban J connectivity index is 2.15. The second-order valence-corrected chi connectivity index (χ2v) is 14.3. The molecular formula is C30H31Cl3F3N3O4S. The maximum atomic E-state index is 14.1. The summed E-state index contributed by atoms with van der Waals surface area (Å²) in [6.45, 7) is 4.12. The zero-order valence-electron chi connectivity index (χ0n) is 24.3. The van der Waals surface area contributed by atoms with E-state index in [0.717, 1.165) is 18.4 Å². The summed E-state index contributed by atoms with van der Waals surface area (Å²) < 4.78 is 67.2. The lowest BCUT2D eigenvalue weighted by molar-refractivity contribution is -0.140. The molecule has 0 aliphatic heterocycles. The number of nitrogens with zero attached hydrogens (tertiary/aromatic N) is 2. The first-order valence-corrected chi connectivity index (χ1v) is 16.2. The van der Waals surface area contributed by atoms with Gasteiger partial charge in [-0.3, -0.25) is 13.9 Å². The van der Waals surface area contributed by atoms with Crippen LogP contribution >= 0.6 is 34.8 Å². The summed E-state index contributed by atoms with van der Waals surface area (Å²) in [6, 6.07) is 14.8. The number of rotatable bonds is 10. The molecule has 3 rings (SSSR count). The summed E-state index contributed by atoms with van der Waals surface area (Å²) >= 11 is 18.2. The first-order valence-electron chi connectivity index (χ1n) is 13.2. The van der Waals surface area contributed by atoms with Gasteiger partial charge in [0.1, 0.15) is 12.6 Å². The molecule has 2 amide bonds. The number of carbonyl (C=O) groups is 2. The molecule has 0 spiro atoms. The van der Waals surface area contributed by atoms with Crippen LogP contribution in [0.2, 0.25) is 15.1 Å². The average molecular weight is 693 g/mol. The predicted octanol–water partition coefficient (Wildman–Crippen LogP) is 6.99. The van der Waals surface area contributed by atoms with Crippen molar-refractivity contribution in [2.24, 2.45) is 0 Å². The molecule has 0 radical (unpaired) electrons. The number of hydrogen-bond donors (Lipinski definition) is 1. The van der Waals surface area contributed by atoms with Crippen molar-refractivity contribution in [1.29, 1.82) is 0 Å². The van der Waals surface area contributed by atoms with Gasteiger partial charge in [-0.05, 0) is 62.2 Å². The van der Waals surface area contributed by atoms with E-state index in [1.54, 1.807) is 63.2 Å². The largest absolute Gasteiger partial charge is 0.417 e. The highest BCUT2D eigenvalue weighted by Crippen LogP contribution is 2.37. The number of halogens is 6. The molecule has 14 heteroatoms. The maximum absolute atomic E-state index is 14.1. The van der Waals surface area contributed by atoms with Gasteiger partial charge in [-0.2, -0.15) is 13.2 Å². The average Bonchev–Trinajstić information content (AvgIpc) is 2.89. The highest BCUT2D eigenvalue weighted by Gasteiger charge is 2.37. The molecule has 3 aromatic rings. The second-order valence-electron chi connectivity index (χ2n) is 11.1. The van der Waals surface area contributed by atoms with Crippen LogP contribution in [-0.4, -0.2) is 49.5 Å². The van der Waals surface area contributed by atoms with Gasteiger partial charge in [-0.25, -0.2) is 8.42 Å². The van der Waals surface area contributed by atoms with Gasteiger partial charge in [-0.1, -0.05) is 71.2 Å². The molecule has 0 bridgehead atoms. The quantitative estimate of drug-likeness (QED) is 0.248. The van der Waals surface area contributed by atoms with E-state index in [9.17, 15) is 31.2 Å². The molecule has 1 atom stereocenters. The molecule has 0 aliphatic rings. The standard InChI is InChI=1S/C30H31Cl3F3N3O4S/c1-29(2,3)37-28(41)26(14-19-8-6-5-7-9-19)38(17-20-10-11-21(31)15-25(20)33)27(40)18-39(44(4,42)43)22-12-13-24(32)23(16-22)30(34,35)36/h5-13,15-16,26H,14,17-18H2,1-4H3,(H,37,41)/t26-/m1/s1. The Hall–Kier alpha value is -2.99. The van der Waals surface area contributed by atoms with E-state index in [-0.39, 0.29) is 18.0 Å². The van der Waals surface area contributed by atoms with Gasteiger partial charge in [0.05, 0.1) is 22.5 Å². The van der Waals surface area contributed by atoms with Gasteiger partial charge in [0.25, 0.3) is 0 Å². The van der Waals surface area contributed by atoms with Crippen molar-refractivity contribution in [2.45, 2.75) is 51.5 Å². The summed E-state index contributed by atoms with van der Waals surface area (Å²) in [7, 11) is -4.31. The van der Waals surface area contributed by atoms with Gasteiger partial charge in [-0.15, -0.1) is 0 Å². The van der Waals surface area contributed by atoms with Gasteiger partial charge < -0.3 is 10.2 Å². The Kier molecular flexibility index (Phi) is 11.3. The highest BCUT2D eigenvalue weighted by atomic mass is 35.5. The topological polar surface area (TPSA) is 86.8 Å². The predicted molar refractivity (Wildman–Crippen MR) is 167 cm³/mol. The molecular weight excluding hydrogens is 662 g/mol. The van der Waals surface area contributed by atoms with E-state index in [1.807, 2.05) is 0 Å². The first kappa shape index (κ1) is 35.5. The molecule has 7 nitrogen and oxygen atoms in total. The minimum atomic E-state index is -4.89. The van der Waals surface area contributed by atoms with Crippen LogP contribution in [0.4, 0.5) is 18.9 Å². The minimum absolute atomic E-state index is 0.0394. The van der Waals surface area contributed by atoms with Crippen LogP contribution in [0.5, 0.6) is 0 Å². The number of hydrogen-bond acceptors (Lipinski definition) is 4. The fraction of sp³-hybridized carbons (Fsp3) is 0.333. The Morgan fingerprint density at radius 3 is 2.09 bits per heavy atom. The molecule has 1 N–H and O–H groups in total. The highest BCUT2D eigenvalue weighted by molar-refractivity contribution is 7.92. The summed E-state index contributed by atoms with van der Waals surface area (Å²) in [5, 5.41) is 2.75. The molecule has 0 aromatic heterocycles. The summed E-state index contributed by atoms with van der Waals surface area (Å²) in [4.78, 5) is 29.1. The lowest BCUT2D eigenvalue weighted by atomic mass is 10.0. The van der Waals surface area contributed by atoms with Gasteiger partial charge in [0, 0.05) is 28.5 Å². The molecule has 0 unspecified atom stereocenters. The van der Waals surface area contributed by atoms with E-state index in [2.05, 4.69) is 5.32 Å². The molecule has 0 heterocycles. The lowest BCUT2D eigenvalue weighted by Crippen LogP contribution is -2.56. The number of benzene rings is 3. The second kappa shape index (κ2) is 14.0. The Labute approximate surface area is 269 Å². The van der Waals surface area contributed by atoms with Crippen molar-refractivity contribution in [3.8, 4) is 0 Å². The molecule has 0 aliphatic carbocycles. The van der Waals surface area contributed by atoms with Crippen LogP contribution in [0.3, 0.4) is 0 Å². The third-order valence-corrected chi connectivity index (χ3v) is 8.40. The summed E-state index contributed by atoms with van der Waals surface area (Å²) in [5.41, 5.74) is -1.29. The van der Waals surface area contributed by atoms with E-state index >= 15 is 0 Å². The van der Waals surface area contributed by atoms with Crippen LogP contribution in [0.15, 0.2) is 66.7 Å². The van der Waals surface area contributed by atoms with Gasteiger partial charge in [0.15, 0.2) is 0 Å². The summed E-state index contributed by atoms with van der Waals surface area (Å²) in [5.74, 6) is -1.40. The van der Waals surface area contributed by atoms with E-state index in [0.29, 0.717) is 26.5 Å². The van der Waals surface area contributed by atoms with Gasteiger partial charge >= 0.3 is 6.18 Å². The zero-order chi connectivity index (χ0) is 33.0. The molecule has 0 fully saturated rings. The third kappa shape index (κ3) is 9.76. The maximum Gasteiger partial charge on any atom is 0.417 e. The monoisotopic (exact) mass is 691 g/mol. The van der Waals surface area contributed by atoms with E-state index in [1.165, 1.54) is 11.0 Å². The van der Waals surface area contributed by atoms with Gasteiger partial charge in [0.2, 0.25) is 21.8 Å². The number of amides is 2. The third-order valence-electron chi connectivity index (χ3n) is 6.35. The van der Waals surface area contributed by atoms with Crippen LogP contribution < -0.4 is 9.62 Å². The van der Waals surface area contributed by atoms with Crippen molar-refractivity contribution in [1.82, 2.24) is 10.2 Å². The fourth-order valence-corrected chi connectivity index (χ4v) is 5.87. The fourth-order valence-electron chi connectivity index (χ4n) is 4.34. The minimum Gasteiger partial charge on any atom is -0.350 e. The van der Waals surface area contributed by atoms with Crippen LogP contribution in [0.1, 0.15) is 37.5 Å². The van der Waals surface area contributed by atoms with E-state index in [4.69, 9.17) is 34.8 Å². The number of alkyl halides is 3. The smallest absolute Gasteiger partial charge is 0.350 e. The number of sulfonamides is 1. The number of carbonyl (C=O) groups excluding carboxylic acids is 2. The molecule has 0 saturated carbocycles. The SMILES string of the molecule is CC(C)(C)NC(=O)[C@@H](Cc1ccccc1)N(Cc1ccc(Cl)cc1Cl)C(=O)CN(c1ccc(Cl)c(C(F)(F)F)c1)S(C)(=O)=O. The molecule has 0 saturated heterocycles. The van der Waals surface area contributed by atoms with E-state index < -0.39 is 62.4 Å². The van der Waals surface area contributed by atoms with Crippen LogP contribution in [0, 0.1) is 0 Å². The Morgan fingerprint density at radius 2 is 1.55 bits per heavy atom. The molecule has 44 heavy (non-hydrogen) atoms. The van der Waals surface area contributed by atoms with Crippen molar-refractivity contribution < 1.29 is 31.2 Å². The molecule has 3 aromatic carbocycles. The number of nitrogens with one attached hydrogen (secondary N) is 1. The lowest BCUT2D eigenvalue weighted by Gasteiger charge is -2.35. The normalized spacial score (nSPS) is 12.9.